The Bertz CT molecular complexity index is 707. The van der Waals surface area contributed by atoms with Crippen LogP contribution in [0.15, 0.2) is 59.0 Å². The summed E-state index contributed by atoms with van der Waals surface area (Å²) < 4.78 is 26.4. The molecular weight excluding hydrogens is 398 g/mol. The zero-order valence-corrected chi connectivity index (χ0v) is 17.8. The molecule has 29 heavy (non-hydrogen) atoms. The summed E-state index contributed by atoms with van der Waals surface area (Å²) in [4.78, 5) is 12.5. The quantitative estimate of drug-likeness (QED) is 0.223. The number of halogens is 3. The highest BCUT2D eigenvalue weighted by Gasteiger charge is 2.26. The average molecular weight is 429 g/mol. The molecule has 0 unspecified atom stereocenters. The largest absolute Gasteiger partial charge is 0.403 e. The fourth-order valence-corrected chi connectivity index (χ4v) is 3.34. The fraction of sp³-hybridized carbons (Fsp3) is 0.476. The van der Waals surface area contributed by atoms with Crippen LogP contribution in [-0.2, 0) is 4.79 Å². The summed E-state index contributed by atoms with van der Waals surface area (Å²) in [5.41, 5.74) is 6.61. The van der Waals surface area contributed by atoms with Gasteiger partial charge in [-0.2, -0.15) is 0 Å². The molecule has 0 heterocycles. The van der Waals surface area contributed by atoms with Gasteiger partial charge in [-0.3, -0.25) is 4.79 Å². The molecule has 0 saturated heterocycles. The van der Waals surface area contributed by atoms with E-state index in [0.717, 1.165) is 30.7 Å². The summed E-state index contributed by atoms with van der Waals surface area (Å²) >= 11 is 5.90. The lowest BCUT2D eigenvalue weighted by atomic mass is 9.85. The molecule has 8 heteroatoms. The van der Waals surface area contributed by atoms with Crippen LogP contribution in [0.1, 0.15) is 39.5 Å². The van der Waals surface area contributed by atoms with Gasteiger partial charge in [0, 0.05) is 24.4 Å². The van der Waals surface area contributed by atoms with Crippen molar-refractivity contribution in [3.05, 3.63) is 59.0 Å². The molecule has 1 fully saturated rings. The van der Waals surface area contributed by atoms with Gasteiger partial charge in [0.1, 0.15) is 0 Å². The number of hydrazine groups is 1. The normalized spacial score (nSPS) is 21.1. The maximum Gasteiger partial charge on any atom is 0.279 e. The number of hydrogen-bond acceptors (Lipinski definition) is 4. The third-order valence-electron chi connectivity index (χ3n) is 4.73. The Morgan fingerprint density at radius 1 is 1.24 bits per heavy atom. The Balaban J connectivity index is 2.64. The topological polar surface area (TPSA) is 84.4 Å². The third-order valence-corrected chi connectivity index (χ3v) is 4.97. The van der Waals surface area contributed by atoms with E-state index in [4.69, 9.17) is 23.2 Å². The van der Waals surface area contributed by atoms with E-state index < -0.39 is 6.43 Å². The van der Waals surface area contributed by atoms with Gasteiger partial charge in [0.05, 0.1) is 10.7 Å². The van der Waals surface area contributed by atoms with Crippen LogP contribution in [0.2, 0.25) is 0 Å². The first-order valence-corrected chi connectivity index (χ1v) is 9.86. The molecule has 5 nitrogen and oxygen atoms in total. The van der Waals surface area contributed by atoms with Crippen molar-refractivity contribution in [3.63, 3.8) is 0 Å². The molecular formula is C21H31ClF2N4O. The van der Waals surface area contributed by atoms with Gasteiger partial charge < -0.3 is 16.1 Å². The van der Waals surface area contributed by atoms with Gasteiger partial charge in [-0.1, -0.05) is 30.3 Å². The number of amides is 1. The first kappa shape index (κ1) is 24.9. The number of nitrogens with zero attached hydrogens (tertiary/aromatic N) is 1. The van der Waals surface area contributed by atoms with Crippen LogP contribution in [0, 0.1) is 5.92 Å². The molecule has 0 aromatic carbocycles. The molecule has 0 aromatic rings. The van der Waals surface area contributed by atoms with E-state index in [1.54, 1.807) is 13.8 Å². The Labute approximate surface area is 176 Å². The Morgan fingerprint density at radius 2 is 1.83 bits per heavy atom. The predicted octanol–water partition coefficient (Wildman–Crippen LogP) is 4.10. The Morgan fingerprint density at radius 3 is 2.28 bits per heavy atom. The number of carbonyl (C=O) groups excluding carboxylic acids is 1. The first-order valence-electron chi connectivity index (χ1n) is 9.48. The summed E-state index contributed by atoms with van der Waals surface area (Å²) in [6, 6.07) is -0.00566. The van der Waals surface area contributed by atoms with Crippen LogP contribution in [-0.4, -0.2) is 29.9 Å². The van der Waals surface area contributed by atoms with E-state index in [0.29, 0.717) is 23.3 Å². The third kappa shape index (κ3) is 8.41. The van der Waals surface area contributed by atoms with Crippen molar-refractivity contribution < 1.29 is 13.6 Å². The zero-order chi connectivity index (χ0) is 22.1. The summed E-state index contributed by atoms with van der Waals surface area (Å²) in [7, 11) is 0. The minimum absolute atomic E-state index is 0.00566. The molecule has 5 N–H and O–H groups in total. The van der Waals surface area contributed by atoms with Crippen LogP contribution in [0.25, 0.3) is 0 Å². The highest BCUT2D eigenvalue weighted by molar-refractivity contribution is 6.31. The first-order chi connectivity index (χ1) is 13.5. The second-order valence-corrected chi connectivity index (χ2v) is 7.89. The summed E-state index contributed by atoms with van der Waals surface area (Å²) in [6.45, 7) is 11.1. The average Bonchev–Trinajstić information content (AvgIpc) is 2.64. The Hall–Kier alpha value is -2.12. The molecule has 1 aliphatic rings. The highest BCUT2D eigenvalue weighted by Crippen LogP contribution is 2.27. The van der Waals surface area contributed by atoms with Crippen molar-refractivity contribution in [2.24, 2.45) is 17.5 Å². The summed E-state index contributed by atoms with van der Waals surface area (Å²) in [5, 5.41) is 4.36. The molecule has 1 amide bonds. The molecule has 0 bridgehead atoms. The maximum atomic E-state index is 13.2. The molecule has 162 valence electrons. The molecule has 0 aromatic heterocycles. The van der Waals surface area contributed by atoms with Crippen molar-refractivity contribution in [1.82, 2.24) is 10.3 Å². The second-order valence-electron chi connectivity index (χ2n) is 7.45. The van der Waals surface area contributed by atoms with Gasteiger partial charge in [0.25, 0.3) is 12.3 Å². The zero-order valence-electron chi connectivity index (χ0n) is 17.1. The number of hydrogen-bond donors (Lipinski definition) is 3. The monoisotopic (exact) mass is 428 g/mol. The number of rotatable bonds is 9. The van der Waals surface area contributed by atoms with Crippen LogP contribution in [0.3, 0.4) is 0 Å². The molecule has 0 spiro atoms. The molecule has 1 saturated carbocycles. The lowest BCUT2D eigenvalue weighted by Gasteiger charge is -2.33. The maximum absolute atomic E-state index is 13.2. The van der Waals surface area contributed by atoms with E-state index in [2.05, 4.69) is 18.5 Å². The van der Waals surface area contributed by atoms with E-state index in [1.807, 2.05) is 0 Å². The van der Waals surface area contributed by atoms with E-state index in [1.165, 1.54) is 18.4 Å². The molecule has 1 rings (SSSR count). The van der Waals surface area contributed by atoms with Gasteiger partial charge in [-0.15, -0.1) is 0 Å². The van der Waals surface area contributed by atoms with Gasteiger partial charge in [-0.05, 0) is 63.2 Å². The number of carbonyl (C=O) groups is 1. The second kappa shape index (κ2) is 11.8. The van der Waals surface area contributed by atoms with Gasteiger partial charge in [0.2, 0.25) is 0 Å². The van der Waals surface area contributed by atoms with E-state index in [-0.39, 0.29) is 28.6 Å². The van der Waals surface area contributed by atoms with E-state index >= 15 is 0 Å². The van der Waals surface area contributed by atoms with Gasteiger partial charge >= 0.3 is 0 Å². The molecule has 0 aliphatic heterocycles. The van der Waals surface area contributed by atoms with Gasteiger partial charge in [0.15, 0.2) is 0 Å². The summed E-state index contributed by atoms with van der Waals surface area (Å²) in [5.74, 6) is 5.79. The van der Waals surface area contributed by atoms with Crippen LogP contribution in [0.5, 0.6) is 0 Å². The standard InChI is InChI=1S/C21H31ClF2N4O/c1-13(2)9-19(20(23)24)28(26)12-15-5-7-17(8-6-15)27-21(29)18(14(3)4)10-16(22)11-25/h9-11,15,17,20H,1,3,5-8,12,25-26H2,2,4H3,(H,27,29)/b16-11+,18-10+,19-9-. The fourth-order valence-electron chi connectivity index (χ4n) is 3.23. The predicted molar refractivity (Wildman–Crippen MR) is 115 cm³/mol. The lowest BCUT2D eigenvalue weighted by Crippen LogP contribution is -2.42. The smallest absolute Gasteiger partial charge is 0.279 e. The molecule has 0 atom stereocenters. The van der Waals surface area contributed by atoms with Crippen LogP contribution in [0.4, 0.5) is 8.78 Å². The van der Waals surface area contributed by atoms with E-state index in [9.17, 15) is 13.6 Å². The Kier molecular flexibility index (Phi) is 10.1. The minimum Gasteiger partial charge on any atom is -0.403 e. The highest BCUT2D eigenvalue weighted by atomic mass is 35.5. The number of nitrogens with one attached hydrogen (secondary N) is 1. The number of allylic oxidation sites excluding steroid dienone is 5. The SMILES string of the molecule is C=C(C)/C=C(/C(F)F)N(N)CC1CCC(NC(=O)/C(=C/C(Cl)=C\N)C(=C)C)CC1. The summed E-state index contributed by atoms with van der Waals surface area (Å²) in [6.07, 6.45) is 4.37. The number of nitrogens with two attached hydrogens (primary N) is 2. The lowest BCUT2D eigenvalue weighted by molar-refractivity contribution is -0.118. The molecule has 1 aliphatic carbocycles. The van der Waals surface area contributed by atoms with Crippen LogP contribution >= 0.6 is 11.6 Å². The van der Waals surface area contributed by atoms with Crippen molar-refractivity contribution >= 4 is 17.5 Å². The van der Waals surface area contributed by atoms with Crippen molar-refractivity contribution in [1.29, 1.82) is 0 Å². The van der Waals surface area contributed by atoms with Crippen LogP contribution < -0.4 is 16.9 Å². The van der Waals surface area contributed by atoms with Crippen molar-refractivity contribution in [2.75, 3.05) is 6.54 Å². The minimum atomic E-state index is -2.66. The molecule has 0 radical (unpaired) electrons. The number of alkyl halides is 2. The van der Waals surface area contributed by atoms with Gasteiger partial charge in [-0.25, -0.2) is 14.6 Å². The van der Waals surface area contributed by atoms with Crippen molar-refractivity contribution in [3.8, 4) is 0 Å². The van der Waals surface area contributed by atoms with Crippen molar-refractivity contribution in [2.45, 2.75) is 52.0 Å².